The minimum atomic E-state index is -1.40. The Hall–Kier alpha value is -2.57. The van der Waals surface area contributed by atoms with E-state index in [-0.39, 0.29) is 12.5 Å². The third-order valence-corrected chi connectivity index (χ3v) is 3.39. The molecule has 23 heavy (non-hydrogen) atoms. The molecule has 1 aromatic carbocycles. The van der Waals surface area contributed by atoms with Crippen LogP contribution in [0.4, 0.5) is 4.79 Å². The summed E-state index contributed by atoms with van der Waals surface area (Å²) >= 11 is 0. The van der Waals surface area contributed by atoms with E-state index in [1.807, 2.05) is 37.3 Å². The molecule has 0 saturated carbocycles. The van der Waals surface area contributed by atoms with Gasteiger partial charge in [-0.05, 0) is 11.5 Å². The average Bonchev–Trinajstić information content (AvgIpc) is 2.55. The van der Waals surface area contributed by atoms with Crippen LogP contribution in [0.15, 0.2) is 30.3 Å². The highest BCUT2D eigenvalue weighted by atomic mass is 16.5. The lowest BCUT2D eigenvalue weighted by Gasteiger charge is -2.23. The highest BCUT2D eigenvalue weighted by Crippen LogP contribution is 2.09. The van der Waals surface area contributed by atoms with Crippen LogP contribution in [0.1, 0.15) is 25.8 Å². The summed E-state index contributed by atoms with van der Waals surface area (Å²) in [5.41, 5.74) is 0.823. The quantitative estimate of drug-likeness (QED) is 0.711. The molecule has 1 aromatic rings. The normalized spacial score (nSPS) is 12.8. The van der Waals surface area contributed by atoms with Crippen molar-refractivity contribution >= 4 is 18.0 Å². The third kappa shape index (κ3) is 6.82. The summed E-state index contributed by atoms with van der Waals surface area (Å²) in [6, 6.07) is 8.25. The number of ether oxygens (including phenoxy) is 1. The number of benzene rings is 1. The second kappa shape index (κ2) is 9.45. The Morgan fingerprint density at radius 2 is 1.87 bits per heavy atom. The van der Waals surface area contributed by atoms with Crippen molar-refractivity contribution in [2.45, 2.75) is 32.9 Å². The summed E-state index contributed by atoms with van der Waals surface area (Å²) in [4.78, 5) is 34.2. The van der Waals surface area contributed by atoms with Crippen LogP contribution < -0.4 is 15.7 Å². The number of hydrogen-bond donors (Lipinski definition) is 2. The second-order valence-electron chi connectivity index (χ2n) is 5.16. The maximum Gasteiger partial charge on any atom is 0.408 e. The first-order chi connectivity index (χ1) is 10.9. The van der Waals surface area contributed by atoms with Gasteiger partial charge in [-0.25, -0.2) is 4.79 Å². The minimum absolute atomic E-state index is 0.0839. The molecule has 0 aliphatic carbocycles. The number of carbonyl (C=O) groups excluding carboxylic acids is 3. The van der Waals surface area contributed by atoms with E-state index in [2.05, 4.69) is 10.6 Å². The number of carboxylic acid groups (broad SMARTS) is 1. The highest BCUT2D eigenvalue weighted by molar-refractivity contribution is 5.87. The number of hydrogen-bond acceptors (Lipinski definition) is 5. The lowest BCUT2D eigenvalue weighted by Crippen LogP contribution is -2.52. The molecule has 0 fully saturated rings. The monoisotopic (exact) mass is 321 g/mol. The van der Waals surface area contributed by atoms with Gasteiger partial charge < -0.3 is 25.3 Å². The van der Waals surface area contributed by atoms with Crippen molar-refractivity contribution in [3.8, 4) is 0 Å². The van der Waals surface area contributed by atoms with E-state index in [1.165, 1.54) is 0 Å². The van der Waals surface area contributed by atoms with Crippen molar-refractivity contribution in [1.29, 1.82) is 0 Å². The number of alkyl carbamates (subject to hydrolysis) is 1. The van der Waals surface area contributed by atoms with E-state index in [0.717, 1.165) is 5.56 Å². The van der Waals surface area contributed by atoms with Crippen molar-refractivity contribution in [3.05, 3.63) is 35.9 Å². The highest BCUT2D eigenvalue weighted by Gasteiger charge is 2.26. The molecule has 0 radical (unpaired) electrons. The average molecular weight is 321 g/mol. The van der Waals surface area contributed by atoms with E-state index in [9.17, 15) is 19.5 Å². The third-order valence-electron chi connectivity index (χ3n) is 3.39. The summed E-state index contributed by atoms with van der Waals surface area (Å²) in [5, 5.41) is 15.1. The maximum absolute atomic E-state index is 12.0. The Morgan fingerprint density at radius 3 is 2.43 bits per heavy atom. The largest absolute Gasteiger partial charge is 0.548 e. The molecule has 0 spiro atoms. The Balaban J connectivity index is 2.56. The zero-order valence-corrected chi connectivity index (χ0v) is 13.2. The van der Waals surface area contributed by atoms with Crippen LogP contribution in [-0.2, 0) is 20.9 Å². The maximum atomic E-state index is 12.0. The van der Waals surface area contributed by atoms with Gasteiger partial charge in [0.2, 0.25) is 5.91 Å². The van der Waals surface area contributed by atoms with Gasteiger partial charge in [-0.2, -0.15) is 0 Å². The van der Waals surface area contributed by atoms with Gasteiger partial charge in [0.15, 0.2) is 0 Å². The molecule has 0 heterocycles. The zero-order chi connectivity index (χ0) is 17.2. The number of nitrogens with one attached hydrogen (secondary N) is 2. The van der Waals surface area contributed by atoms with Gasteiger partial charge >= 0.3 is 6.09 Å². The number of aliphatic carboxylic acids is 1. The van der Waals surface area contributed by atoms with Crippen LogP contribution in [-0.4, -0.2) is 30.6 Å². The summed E-state index contributed by atoms with van der Waals surface area (Å²) in [7, 11) is 0. The summed E-state index contributed by atoms with van der Waals surface area (Å²) in [6.45, 7) is 3.12. The fourth-order valence-corrected chi connectivity index (χ4v) is 1.86. The van der Waals surface area contributed by atoms with Crippen molar-refractivity contribution in [1.82, 2.24) is 10.6 Å². The van der Waals surface area contributed by atoms with Gasteiger partial charge in [-0.15, -0.1) is 0 Å². The minimum Gasteiger partial charge on any atom is -0.548 e. The molecule has 0 unspecified atom stereocenters. The molecule has 0 saturated heterocycles. The summed E-state index contributed by atoms with van der Waals surface area (Å²) in [5.74, 6) is -2.16. The van der Waals surface area contributed by atoms with Gasteiger partial charge in [0.1, 0.15) is 12.6 Å². The number of carbonyl (C=O) groups is 3. The van der Waals surface area contributed by atoms with Crippen molar-refractivity contribution < 1.29 is 24.2 Å². The number of carboxylic acids is 1. The van der Waals surface area contributed by atoms with Gasteiger partial charge in [0.25, 0.3) is 0 Å². The van der Waals surface area contributed by atoms with E-state index in [1.54, 1.807) is 6.92 Å². The smallest absolute Gasteiger partial charge is 0.408 e. The first-order valence-corrected chi connectivity index (χ1v) is 7.38. The van der Waals surface area contributed by atoms with Crippen molar-refractivity contribution in [2.75, 3.05) is 6.54 Å². The molecule has 7 nitrogen and oxygen atoms in total. The molecular weight excluding hydrogens is 300 g/mol. The molecule has 1 rings (SSSR count). The molecular formula is C16H21N2O5-. The Morgan fingerprint density at radius 1 is 1.22 bits per heavy atom. The first kappa shape index (κ1) is 18.5. The van der Waals surface area contributed by atoms with Crippen LogP contribution in [0.25, 0.3) is 0 Å². The first-order valence-electron chi connectivity index (χ1n) is 7.38. The van der Waals surface area contributed by atoms with Crippen molar-refractivity contribution in [3.63, 3.8) is 0 Å². The van der Waals surface area contributed by atoms with E-state index in [4.69, 9.17) is 4.74 Å². The van der Waals surface area contributed by atoms with Gasteiger partial charge in [-0.1, -0.05) is 50.6 Å². The van der Waals surface area contributed by atoms with Crippen LogP contribution in [0.3, 0.4) is 0 Å². The van der Waals surface area contributed by atoms with E-state index >= 15 is 0 Å². The molecule has 7 heteroatoms. The second-order valence-corrected chi connectivity index (χ2v) is 5.16. The fourth-order valence-electron chi connectivity index (χ4n) is 1.86. The Labute approximate surface area is 135 Å². The zero-order valence-electron chi connectivity index (χ0n) is 13.2. The predicted molar refractivity (Wildman–Crippen MR) is 81.0 cm³/mol. The molecule has 0 aliphatic rings. The topological polar surface area (TPSA) is 108 Å². The summed E-state index contributed by atoms with van der Waals surface area (Å²) < 4.78 is 5.07. The van der Waals surface area contributed by atoms with Gasteiger partial charge in [0.05, 0.1) is 12.5 Å². The number of amides is 2. The molecule has 0 bridgehead atoms. The van der Waals surface area contributed by atoms with Gasteiger partial charge in [0, 0.05) is 0 Å². The lowest BCUT2D eigenvalue weighted by atomic mass is 9.98. The molecule has 126 valence electrons. The predicted octanol–water partition coefficient (Wildman–Crippen LogP) is 0.194. The van der Waals surface area contributed by atoms with E-state index in [0.29, 0.717) is 6.42 Å². The number of rotatable bonds is 8. The van der Waals surface area contributed by atoms with Crippen LogP contribution in [0.2, 0.25) is 0 Å². The Bertz CT molecular complexity index is 533. The molecule has 0 aromatic heterocycles. The van der Waals surface area contributed by atoms with Crippen LogP contribution in [0.5, 0.6) is 0 Å². The van der Waals surface area contributed by atoms with Crippen LogP contribution >= 0.6 is 0 Å². The molecule has 2 atom stereocenters. The van der Waals surface area contributed by atoms with Crippen molar-refractivity contribution in [2.24, 2.45) is 5.92 Å². The Kier molecular flexibility index (Phi) is 7.59. The standard InChI is InChI=1S/C16H22N2O5/c1-3-11(2)14(15(21)17-9-13(19)20)18-16(22)23-10-12-7-5-4-6-8-12/h4-8,11,14H,3,9-10H2,1-2H3,(H,17,21)(H,18,22)(H,19,20)/p-1/t11-,14-/m0/s1. The van der Waals surface area contributed by atoms with Gasteiger partial charge in [-0.3, -0.25) is 4.79 Å². The molecule has 0 aliphatic heterocycles. The van der Waals surface area contributed by atoms with E-state index < -0.39 is 30.6 Å². The van der Waals surface area contributed by atoms with Crippen LogP contribution in [0, 0.1) is 5.92 Å². The SMILES string of the molecule is CC[C@H](C)[C@H](NC(=O)OCc1ccccc1)C(=O)NCC(=O)[O-]. The summed E-state index contributed by atoms with van der Waals surface area (Å²) in [6.07, 6.45) is -0.106. The lowest BCUT2D eigenvalue weighted by molar-refractivity contribution is -0.304. The fraction of sp³-hybridized carbons (Fsp3) is 0.438. The molecule has 2 N–H and O–H groups in total. The molecule has 2 amide bonds.